The summed E-state index contributed by atoms with van der Waals surface area (Å²) in [6.07, 6.45) is 2.09. The first-order valence-corrected chi connectivity index (χ1v) is 6.75. The quantitative estimate of drug-likeness (QED) is 0.880. The third-order valence-corrected chi connectivity index (χ3v) is 3.01. The van der Waals surface area contributed by atoms with Gasteiger partial charge in [-0.05, 0) is 51.3 Å². The summed E-state index contributed by atoms with van der Waals surface area (Å²) >= 11 is 0. The summed E-state index contributed by atoms with van der Waals surface area (Å²) in [6, 6.07) is 5.95. The van der Waals surface area contributed by atoms with Crippen molar-refractivity contribution in [3.8, 4) is 0 Å². The maximum absolute atomic E-state index is 11.9. The van der Waals surface area contributed by atoms with Gasteiger partial charge < -0.3 is 15.4 Å². The van der Waals surface area contributed by atoms with Crippen LogP contribution in [-0.4, -0.2) is 24.7 Å². The molecule has 1 aliphatic heterocycles. The number of rotatable bonds is 3. The van der Waals surface area contributed by atoms with Crippen LogP contribution >= 0.6 is 0 Å². The molecule has 0 unspecified atom stereocenters. The Morgan fingerprint density at radius 3 is 2.95 bits per heavy atom. The Morgan fingerprint density at radius 2 is 2.21 bits per heavy atom. The van der Waals surface area contributed by atoms with E-state index in [1.54, 1.807) is 0 Å². The van der Waals surface area contributed by atoms with Crippen LogP contribution in [0.5, 0.6) is 0 Å². The molecule has 1 aliphatic rings. The molecule has 104 valence electrons. The normalized spacial score (nSPS) is 14.5. The second-order valence-corrected chi connectivity index (χ2v) is 5.81. The monoisotopic (exact) mass is 262 g/mol. The van der Waals surface area contributed by atoms with Crippen molar-refractivity contribution in [1.29, 1.82) is 0 Å². The molecule has 0 atom stereocenters. The first-order chi connectivity index (χ1) is 8.96. The second-order valence-electron chi connectivity index (χ2n) is 5.81. The van der Waals surface area contributed by atoms with Gasteiger partial charge in [-0.2, -0.15) is 0 Å². The van der Waals surface area contributed by atoms with Crippen LogP contribution in [0.1, 0.15) is 32.8 Å². The van der Waals surface area contributed by atoms with Gasteiger partial charge in [0.25, 0.3) is 0 Å². The lowest BCUT2D eigenvalue weighted by molar-refractivity contribution is -0.125. The van der Waals surface area contributed by atoms with Crippen molar-refractivity contribution in [2.45, 2.75) is 39.2 Å². The highest BCUT2D eigenvalue weighted by molar-refractivity contribution is 5.93. The molecule has 4 heteroatoms. The number of benzene rings is 1. The van der Waals surface area contributed by atoms with Gasteiger partial charge in [0.05, 0.1) is 5.60 Å². The fourth-order valence-electron chi connectivity index (χ4n) is 2.10. The number of nitrogens with one attached hydrogen (secondary N) is 2. The van der Waals surface area contributed by atoms with Gasteiger partial charge in [0, 0.05) is 17.9 Å². The molecule has 1 heterocycles. The van der Waals surface area contributed by atoms with Crippen molar-refractivity contribution in [3.05, 3.63) is 23.8 Å². The van der Waals surface area contributed by atoms with Crippen LogP contribution in [-0.2, 0) is 16.0 Å². The number of hydrogen-bond donors (Lipinski definition) is 2. The maximum atomic E-state index is 11.9. The van der Waals surface area contributed by atoms with E-state index < -0.39 is 0 Å². The molecule has 0 aromatic heterocycles. The summed E-state index contributed by atoms with van der Waals surface area (Å²) in [5.74, 6) is -0.103. The highest BCUT2D eigenvalue weighted by atomic mass is 16.5. The number of carbonyl (C=O) groups excluding carboxylic acids is 1. The third kappa shape index (κ3) is 3.96. The van der Waals surface area contributed by atoms with E-state index in [4.69, 9.17) is 4.74 Å². The van der Waals surface area contributed by atoms with Crippen molar-refractivity contribution in [2.24, 2.45) is 0 Å². The van der Waals surface area contributed by atoms with Crippen LogP contribution in [0.25, 0.3) is 0 Å². The molecule has 0 saturated carbocycles. The van der Waals surface area contributed by atoms with Crippen molar-refractivity contribution in [3.63, 3.8) is 0 Å². The van der Waals surface area contributed by atoms with Gasteiger partial charge >= 0.3 is 0 Å². The van der Waals surface area contributed by atoms with Gasteiger partial charge in [-0.3, -0.25) is 4.79 Å². The summed E-state index contributed by atoms with van der Waals surface area (Å²) in [7, 11) is 0. The molecule has 4 nitrogen and oxygen atoms in total. The second kappa shape index (κ2) is 5.61. The maximum Gasteiger partial charge on any atom is 0.250 e. The Balaban J connectivity index is 2.01. The third-order valence-electron chi connectivity index (χ3n) is 3.01. The minimum atomic E-state index is -0.297. The van der Waals surface area contributed by atoms with E-state index in [0.717, 1.165) is 30.8 Å². The number of anilines is 2. The van der Waals surface area contributed by atoms with E-state index in [1.165, 1.54) is 5.56 Å². The first kappa shape index (κ1) is 13.9. The van der Waals surface area contributed by atoms with E-state index in [2.05, 4.69) is 16.7 Å². The average Bonchev–Trinajstić information content (AvgIpc) is 2.36. The molecule has 0 radical (unpaired) electrons. The van der Waals surface area contributed by atoms with Gasteiger partial charge in [0.15, 0.2) is 0 Å². The molecule has 0 spiro atoms. The van der Waals surface area contributed by atoms with Crippen molar-refractivity contribution in [2.75, 3.05) is 23.8 Å². The summed E-state index contributed by atoms with van der Waals surface area (Å²) in [6.45, 7) is 6.90. The molecule has 0 aliphatic carbocycles. The van der Waals surface area contributed by atoms with E-state index in [1.807, 2.05) is 32.9 Å². The van der Waals surface area contributed by atoms with Crippen LogP contribution in [0.4, 0.5) is 11.4 Å². The average molecular weight is 262 g/mol. The predicted octanol–water partition coefficient (Wildman–Crippen LogP) is 2.80. The number of ether oxygens (including phenoxy) is 1. The largest absolute Gasteiger partial charge is 0.385 e. The fraction of sp³-hybridized carbons (Fsp3) is 0.533. The number of amides is 1. The van der Waals surface area contributed by atoms with Crippen LogP contribution in [0.3, 0.4) is 0 Å². The highest BCUT2D eigenvalue weighted by Gasteiger charge is 2.16. The van der Waals surface area contributed by atoms with Gasteiger partial charge in [-0.25, -0.2) is 0 Å². The minimum Gasteiger partial charge on any atom is -0.385 e. The smallest absolute Gasteiger partial charge is 0.250 e. The van der Waals surface area contributed by atoms with Crippen LogP contribution in [0.2, 0.25) is 0 Å². The molecule has 0 fully saturated rings. The number of fused-ring (bicyclic) bond motifs is 1. The lowest BCUT2D eigenvalue weighted by Crippen LogP contribution is -2.27. The van der Waals surface area contributed by atoms with Crippen LogP contribution in [0, 0.1) is 0 Å². The molecule has 1 amide bonds. The Bertz CT molecular complexity index is 464. The SMILES string of the molecule is CC(C)(C)OCC(=O)Nc1cccc2c1CCCN2. The molecule has 2 rings (SSSR count). The van der Waals surface area contributed by atoms with Gasteiger partial charge in [0.2, 0.25) is 5.91 Å². The summed E-state index contributed by atoms with van der Waals surface area (Å²) in [4.78, 5) is 11.9. The molecular weight excluding hydrogens is 240 g/mol. The van der Waals surface area contributed by atoms with Gasteiger partial charge in [-0.1, -0.05) is 6.07 Å². The first-order valence-electron chi connectivity index (χ1n) is 6.75. The van der Waals surface area contributed by atoms with E-state index in [-0.39, 0.29) is 18.1 Å². The molecule has 2 N–H and O–H groups in total. The zero-order chi connectivity index (χ0) is 13.9. The van der Waals surface area contributed by atoms with Gasteiger partial charge in [0.1, 0.15) is 6.61 Å². The van der Waals surface area contributed by atoms with E-state index in [0.29, 0.717) is 0 Å². The predicted molar refractivity (Wildman–Crippen MR) is 77.6 cm³/mol. The lowest BCUT2D eigenvalue weighted by Gasteiger charge is -2.22. The molecule has 0 bridgehead atoms. The van der Waals surface area contributed by atoms with Crippen molar-refractivity contribution < 1.29 is 9.53 Å². The lowest BCUT2D eigenvalue weighted by atomic mass is 10.0. The number of carbonyl (C=O) groups is 1. The Labute approximate surface area is 114 Å². The zero-order valence-electron chi connectivity index (χ0n) is 11.9. The number of hydrogen-bond acceptors (Lipinski definition) is 3. The Hall–Kier alpha value is -1.55. The minimum absolute atomic E-state index is 0.0839. The Morgan fingerprint density at radius 1 is 1.42 bits per heavy atom. The van der Waals surface area contributed by atoms with Crippen LogP contribution in [0.15, 0.2) is 18.2 Å². The van der Waals surface area contributed by atoms with Crippen LogP contribution < -0.4 is 10.6 Å². The van der Waals surface area contributed by atoms with Crippen molar-refractivity contribution >= 4 is 17.3 Å². The van der Waals surface area contributed by atoms with Gasteiger partial charge in [-0.15, -0.1) is 0 Å². The summed E-state index contributed by atoms with van der Waals surface area (Å²) < 4.78 is 5.48. The fourth-order valence-corrected chi connectivity index (χ4v) is 2.10. The highest BCUT2D eigenvalue weighted by Crippen LogP contribution is 2.28. The molecule has 19 heavy (non-hydrogen) atoms. The standard InChI is InChI=1S/C15H22N2O2/c1-15(2,3)19-10-14(18)17-13-8-4-7-12-11(13)6-5-9-16-12/h4,7-8,16H,5-6,9-10H2,1-3H3,(H,17,18). The summed E-state index contributed by atoms with van der Waals surface area (Å²) in [5.41, 5.74) is 2.92. The molecule has 1 aromatic rings. The van der Waals surface area contributed by atoms with Crippen molar-refractivity contribution in [1.82, 2.24) is 0 Å². The molecule has 1 aromatic carbocycles. The zero-order valence-corrected chi connectivity index (χ0v) is 11.9. The van der Waals surface area contributed by atoms with E-state index >= 15 is 0 Å². The topological polar surface area (TPSA) is 50.4 Å². The molecule has 0 saturated heterocycles. The summed E-state index contributed by atoms with van der Waals surface area (Å²) in [5, 5.41) is 6.29. The molecular formula is C15H22N2O2. The van der Waals surface area contributed by atoms with E-state index in [9.17, 15) is 4.79 Å². The Kier molecular flexibility index (Phi) is 4.10.